The molecule has 0 saturated carbocycles. The van der Waals surface area contributed by atoms with E-state index >= 15 is 0 Å². The Kier molecular flexibility index (Phi) is 3.61. The van der Waals surface area contributed by atoms with E-state index in [1.807, 2.05) is 0 Å². The molecule has 0 radical (unpaired) electrons. The van der Waals surface area contributed by atoms with Crippen molar-refractivity contribution in [3.8, 4) is 0 Å². The summed E-state index contributed by atoms with van der Waals surface area (Å²) in [5.74, 6) is 0. The highest BCUT2D eigenvalue weighted by molar-refractivity contribution is 9.11. The number of nitrogens with two attached hydrogens (primary N) is 1. The molecule has 2 N–H and O–H groups in total. The predicted octanol–water partition coefficient (Wildman–Crippen LogP) is 3.26. The van der Waals surface area contributed by atoms with Crippen LogP contribution < -0.4 is 5.73 Å². The van der Waals surface area contributed by atoms with E-state index in [0.29, 0.717) is 21.1 Å². The summed E-state index contributed by atoms with van der Waals surface area (Å²) in [7, 11) is 0. The minimum atomic E-state index is -2.58. The number of alkyl halides is 3. The van der Waals surface area contributed by atoms with Gasteiger partial charge in [0.2, 0.25) is 0 Å². The molecule has 1 rings (SSSR count). The van der Waals surface area contributed by atoms with Crippen LogP contribution in [0.4, 0.5) is 14.5 Å². The molecule has 0 amide bonds. The summed E-state index contributed by atoms with van der Waals surface area (Å²) >= 11 is 6.23. The van der Waals surface area contributed by atoms with E-state index < -0.39 is 6.43 Å². The zero-order valence-electron chi connectivity index (χ0n) is 6.40. The number of nitrogen functional groups attached to an aromatic ring is 1. The summed E-state index contributed by atoms with van der Waals surface area (Å²) in [6.45, 7) is 0. The van der Waals surface area contributed by atoms with Crippen LogP contribution in [0.15, 0.2) is 10.7 Å². The fourth-order valence-electron chi connectivity index (χ4n) is 0.876. The summed E-state index contributed by atoms with van der Waals surface area (Å²) in [4.78, 5) is 3.57. The largest absolute Gasteiger partial charge is 0.397 e. The van der Waals surface area contributed by atoms with Crippen molar-refractivity contribution in [2.45, 2.75) is 11.8 Å². The highest BCUT2D eigenvalue weighted by Crippen LogP contribution is 2.31. The van der Waals surface area contributed by atoms with Crippen LogP contribution in [0.5, 0.6) is 0 Å². The molecule has 0 aliphatic rings. The highest BCUT2D eigenvalue weighted by Gasteiger charge is 2.17. The van der Waals surface area contributed by atoms with Crippen LogP contribution in [0.1, 0.15) is 17.7 Å². The Bertz CT molecular complexity index is 318. The number of hydrogen-bond donors (Lipinski definition) is 1. The third-order valence-corrected chi connectivity index (χ3v) is 3.01. The molecule has 1 heterocycles. The summed E-state index contributed by atoms with van der Waals surface area (Å²) in [5, 5.41) is 0.297. The lowest BCUT2D eigenvalue weighted by Crippen LogP contribution is -2.01. The molecule has 0 aliphatic carbocycles. The first-order valence-corrected chi connectivity index (χ1v) is 5.26. The number of aromatic nitrogens is 1. The van der Waals surface area contributed by atoms with E-state index in [9.17, 15) is 8.78 Å². The Morgan fingerprint density at radius 1 is 1.54 bits per heavy atom. The van der Waals surface area contributed by atoms with Crippen molar-refractivity contribution in [1.29, 1.82) is 0 Å². The molecular formula is C7H6Br2F2N2. The van der Waals surface area contributed by atoms with E-state index in [-0.39, 0.29) is 5.69 Å². The summed E-state index contributed by atoms with van der Waals surface area (Å²) < 4.78 is 25.2. The molecule has 13 heavy (non-hydrogen) atoms. The Labute approximate surface area is 90.8 Å². The van der Waals surface area contributed by atoms with Gasteiger partial charge in [-0.15, -0.1) is 0 Å². The molecule has 0 aromatic carbocycles. The number of rotatable bonds is 2. The van der Waals surface area contributed by atoms with Crippen LogP contribution >= 0.6 is 31.9 Å². The zero-order valence-corrected chi connectivity index (χ0v) is 9.57. The third-order valence-electron chi connectivity index (χ3n) is 1.51. The summed E-state index contributed by atoms with van der Waals surface area (Å²) in [6.07, 6.45) is -1.36. The molecule has 2 nitrogen and oxygen atoms in total. The molecule has 0 spiro atoms. The van der Waals surface area contributed by atoms with Crippen molar-refractivity contribution in [3.05, 3.63) is 21.9 Å². The van der Waals surface area contributed by atoms with Gasteiger partial charge in [0, 0.05) is 15.4 Å². The van der Waals surface area contributed by atoms with Crippen molar-refractivity contribution in [2.24, 2.45) is 0 Å². The Hall–Kier alpha value is -0.230. The normalized spacial score (nSPS) is 10.8. The number of halogens is 4. The van der Waals surface area contributed by atoms with E-state index in [1.165, 1.54) is 6.20 Å². The first-order chi connectivity index (χ1) is 6.07. The molecule has 0 unspecified atom stereocenters. The Morgan fingerprint density at radius 3 is 2.62 bits per heavy atom. The van der Waals surface area contributed by atoms with Crippen LogP contribution in [0.3, 0.4) is 0 Å². The maximum Gasteiger partial charge on any atom is 0.280 e. The van der Waals surface area contributed by atoms with Crippen LogP contribution in [0, 0.1) is 0 Å². The second-order valence-corrected chi connectivity index (χ2v) is 3.68. The van der Waals surface area contributed by atoms with Gasteiger partial charge in [0.05, 0.1) is 11.9 Å². The molecule has 0 saturated heterocycles. The maximum absolute atomic E-state index is 12.4. The minimum absolute atomic E-state index is 0.238. The molecule has 6 heteroatoms. The van der Waals surface area contributed by atoms with Crippen molar-refractivity contribution >= 4 is 37.5 Å². The number of pyridine rings is 1. The van der Waals surface area contributed by atoms with E-state index in [1.54, 1.807) is 0 Å². The first kappa shape index (κ1) is 10.8. The van der Waals surface area contributed by atoms with Gasteiger partial charge in [-0.2, -0.15) is 0 Å². The van der Waals surface area contributed by atoms with Gasteiger partial charge in [-0.3, -0.25) is 4.98 Å². The maximum atomic E-state index is 12.4. The smallest absolute Gasteiger partial charge is 0.280 e. The lowest BCUT2D eigenvalue weighted by molar-refractivity contribution is 0.145. The van der Waals surface area contributed by atoms with Gasteiger partial charge in [0.1, 0.15) is 5.69 Å². The van der Waals surface area contributed by atoms with Gasteiger partial charge in [-0.1, -0.05) is 15.9 Å². The fraction of sp³-hybridized carbons (Fsp3) is 0.286. The minimum Gasteiger partial charge on any atom is -0.397 e. The molecular weight excluding hydrogens is 310 g/mol. The van der Waals surface area contributed by atoms with Gasteiger partial charge in [0.15, 0.2) is 0 Å². The summed E-state index contributed by atoms with van der Waals surface area (Å²) in [6, 6.07) is 0. The van der Waals surface area contributed by atoms with Crippen molar-refractivity contribution in [1.82, 2.24) is 4.98 Å². The quantitative estimate of drug-likeness (QED) is 0.851. The zero-order chi connectivity index (χ0) is 10.0. The second-order valence-electron chi connectivity index (χ2n) is 2.33. The first-order valence-electron chi connectivity index (χ1n) is 3.34. The lowest BCUT2D eigenvalue weighted by atomic mass is 10.2. The Morgan fingerprint density at radius 2 is 2.15 bits per heavy atom. The molecule has 0 bridgehead atoms. The van der Waals surface area contributed by atoms with E-state index in [4.69, 9.17) is 5.73 Å². The second kappa shape index (κ2) is 4.32. The van der Waals surface area contributed by atoms with Crippen LogP contribution in [0.2, 0.25) is 0 Å². The lowest BCUT2D eigenvalue weighted by Gasteiger charge is -2.08. The number of hydrogen-bond acceptors (Lipinski definition) is 2. The van der Waals surface area contributed by atoms with E-state index in [2.05, 4.69) is 36.8 Å². The number of anilines is 1. The van der Waals surface area contributed by atoms with Gasteiger partial charge in [-0.25, -0.2) is 8.78 Å². The Balaban J connectivity index is 3.30. The average molecular weight is 316 g/mol. The van der Waals surface area contributed by atoms with Gasteiger partial charge in [0.25, 0.3) is 6.43 Å². The van der Waals surface area contributed by atoms with Gasteiger partial charge < -0.3 is 5.73 Å². The standard InChI is InChI=1S/C7H6Br2F2N2/c8-1-3-5(9)4(12)2-13-6(3)7(10)11/h2,7H,1,12H2. The molecule has 0 atom stereocenters. The van der Waals surface area contributed by atoms with Crippen LogP contribution in [-0.2, 0) is 5.33 Å². The highest BCUT2D eigenvalue weighted by atomic mass is 79.9. The SMILES string of the molecule is Nc1cnc(C(F)F)c(CBr)c1Br. The number of nitrogens with zero attached hydrogens (tertiary/aromatic N) is 1. The molecule has 0 aliphatic heterocycles. The predicted molar refractivity (Wildman–Crippen MR) is 53.9 cm³/mol. The third kappa shape index (κ3) is 2.17. The fourth-order valence-corrected chi connectivity index (χ4v) is 2.27. The van der Waals surface area contributed by atoms with Gasteiger partial charge >= 0.3 is 0 Å². The van der Waals surface area contributed by atoms with Gasteiger partial charge in [-0.05, 0) is 15.9 Å². The molecule has 1 aromatic heterocycles. The summed E-state index contributed by atoms with van der Waals surface area (Å²) in [5.41, 5.74) is 6.01. The molecule has 72 valence electrons. The van der Waals surface area contributed by atoms with Crippen molar-refractivity contribution < 1.29 is 8.78 Å². The van der Waals surface area contributed by atoms with Crippen molar-refractivity contribution in [2.75, 3.05) is 5.73 Å². The average Bonchev–Trinajstić information content (AvgIpc) is 2.09. The topological polar surface area (TPSA) is 38.9 Å². The monoisotopic (exact) mass is 314 g/mol. The molecule has 1 aromatic rings. The molecule has 0 fully saturated rings. The van der Waals surface area contributed by atoms with Crippen LogP contribution in [-0.4, -0.2) is 4.98 Å². The van der Waals surface area contributed by atoms with Crippen molar-refractivity contribution in [3.63, 3.8) is 0 Å². The van der Waals surface area contributed by atoms with E-state index in [0.717, 1.165) is 0 Å². The van der Waals surface area contributed by atoms with Crippen LogP contribution in [0.25, 0.3) is 0 Å².